The maximum Gasteiger partial charge on any atom is 0.500 e. The smallest absolute Gasteiger partial charge is 0.379 e. The molecule has 1 heterocycles. The molecular weight excluding hydrogens is 444 g/mol. The van der Waals surface area contributed by atoms with E-state index in [-0.39, 0.29) is 0 Å². The fraction of sp³-hybridized carbons (Fsp3) is 1.00. The van der Waals surface area contributed by atoms with Gasteiger partial charge in [0, 0.05) is 34.0 Å². The number of hydrogen-bond donors (Lipinski definition) is 0. The maximum absolute atomic E-state index is 5.58. The van der Waals surface area contributed by atoms with Crippen molar-refractivity contribution in [2.24, 2.45) is 0 Å². The zero-order valence-electron chi connectivity index (χ0n) is 23.1. The van der Waals surface area contributed by atoms with Gasteiger partial charge >= 0.3 is 8.80 Å². The Balaban J connectivity index is 1.66. The van der Waals surface area contributed by atoms with E-state index in [1.165, 1.54) is 122 Å². The summed E-state index contributed by atoms with van der Waals surface area (Å²) in [5.74, 6) is 0. The highest BCUT2D eigenvalue weighted by Gasteiger charge is 2.36. The number of hydrogen-bond acceptors (Lipinski definition) is 5. The van der Waals surface area contributed by atoms with E-state index in [9.17, 15) is 0 Å². The van der Waals surface area contributed by atoms with Gasteiger partial charge in [0.1, 0.15) is 6.10 Å². The molecule has 5 nitrogen and oxygen atoms in total. The lowest BCUT2D eigenvalue weighted by Crippen LogP contribution is -2.42. The van der Waals surface area contributed by atoms with Crippen LogP contribution in [0.25, 0.3) is 0 Å². The van der Waals surface area contributed by atoms with Gasteiger partial charge in [-0.25, -0.2) is 0 Å². The van der Waals surface area contributed by atoms with Crippen molar-refractivity contribution in [2.45, 2.75) is 141 Å². The van der Waals surface area contributed by atoms with Gasteiger partial charge in [-0.05, 0) is 12.8 Å². The van der Waals surface area contributed by atoms with Crippen molar-refractivity contribution in [3.8, 4) is 0 Å². The molecule has 0 bridgehead atoms. The molecule has 0 N–H and O–H groups in total. The molecule has 0 aromatic rings. The third-order valence-corrected chi connectivity index (χ3v) is 9.99. The average molecular weight is 503 g/mol. The van der Waals surface area contributed by atoms with Crippen LogP contribution in [0.3, 0.4) is 0 Å². The molecule has 0 amide bonds. The minimum Gasteiger partial charge on any atom is -0.379 e. The van der Waals surface area contributed by atoms with Crippen LogP contribution in [0.1, 0.15) is 128 Å². The van der Waals surface area contributed by atoms with Gasteiger partial charge in [-0.3, -0.25) is 0 Å². The van der Waals surface area contributed by atoms with Crippen LogP contribution in [-0.2, 0) is 22.8 Å². The number of epoxide rings is 1. The van der Waals surface area contributed by atoms with Crippen molar-refractivity contribution in [3.63, 3.8) is 0 Å². The van der Waals surface area contributed by atoms with Gasteiger partial charge in [0.25, 0.3) is 0 Å². The molecule has 6 heteroatoms. The predicted octanol–water partition coefficient (Wildman–Crippen LogP) is 8.08. The van der Waals surface area contributed by atoms with Gasteiger partial charge in [0.2, 0.25) is 0 Å². The molecule has 204 valence electrons. The van der Waals surface area contributed by atoms with Crippen LogP contribution in [0.2, 0.25) is 6.04 Å². The van der Waals surface area contributed by atoms with Gasteiger partial charge < -0.3 is 22.8 Å². The Morgan fingerprint density at radius 1 is 0.529 bits per heavy atom. The number of ether oxygens (including phenoxy) is 2. The van der Waals surface area contributed by atoms with Crippen LogP contribution < -0.4 is 0 Å². The summed E-state index contributed by atoms with van der Waals surface area (Å²) in [5.41, 5.74) is 0. The molecular formula is C28H58O5Si. The average Bonchev–Trinajstić information content (AvgIpc) is 3.69. The normalized spacial score (nSPS) is 15.8. The first-order chi connectivity index (χ1) is 16.8. The molecule has 1 aliphatic heterocycles. The van der Waals surface area contributed by atoms with E-state index in [0.717, 1.165) is 32.3 Å². The summed E-state index contributed by atoms with van der Waals surface area (Å²) in [6.45, 7) is 2.64. The van der Waals surface area contributed by atoms with Crippen LogP contribution in [0.5, 0.6) is 0 Å². The Morgan fingerprint density at radius 2 is 0.853 bits per heavy atom. The Labute approximate surface area is 213 Å². The first kappa shape index (κ1) is 32.0. The summed E-state index contributed by atoms with van der Waals surface area (Å²) in [6, 6.07) is 0.934. The summed E-state index contributed by atoms with van der Waals surface area (Å²) >= 11 is 0. The second-order valence-corrected chi connectivity index (χ2v) is 13.2. The minimum absolute atomic E-state index is 0.416. The van der Waals surface area contributed by atoms with Crippen molar-refractivity contribution in [2.75, 3.05) is 41.2 Å². The van der Waals surface area contributed by atoms with E-state index in [1.54, 1.807) is 21.3 Å². The van der Waals surface area contributed by atoms with E-state index < -0.39 is 8.80 Å². The molecule has 1 fully saturated rings. The lowest BCUT2D eigenvalue weighted by atomic mass is 10.0. The molecule has 0 aliphatic carbocycles. The Morgan fingerprint density at radius 3 is 1.18 bits per heavy atom. The highest BCUT2D eigenvalue weighted by Crippen LogP contribution is 2.19. The largest absolute Gasteiger partial charge is 0.500 e. The van der Waals surface area contributed by atoms with E-state index in [0.29, 0.717) is 6.10 Å². The van der Waals surface area contributed by atoms with Crippen molar-refractivity contribution in [3.05, 3.63) is 0 Å². The molecule has 1 atom stereocenters. The Hall–Kier alpha value is 0.0169. The quantitative estimate of drug-likeness (QED) is 0.0614. The second-order valence-electron chi connectivity index (χ2n) is 10.1. The number of rotatable bonds is 28. The number of unbranched alkanes of at least 4 members (excludes halogenated alkanes) is 19. The van der Waals surface area contributed by atoms with Crippen molar-refractivity contribution >= 4 is 8.80 Å². The molecule has 1 aliphatic rings. The maximum atomic E-state index is 5.58. The minimum atomic E-state index is -2.34. The lowest BCUT2D eigenvalue weighted by molar-refractivity contribution is 0.113. The van der Waals surface area contributed by atoms with Crippen molar-refractivity contribution in [1.29, 1.82) is 0 Å². The fourth-order valence-corrected chi connectivity index (χ4v) is 6.46. The zero-order chi connectivity index (χ0) is 24.6. The topological polar surface area (TPSA) is 49.5 Å². The molecule has 1 unspecified atom stereocenters. The lowest BCUT2D eigenvalue weighted by Gasteiger charge is -2.24. The van der Waals surface area contributed by atoms with Crippen LogP contribution >= 0.6 is 0 Å². The van der Waals surface area contributed by atoms with Crippen LogP contribution in [0.4, 0.5) is 0 Å². The van der Waals surface area contributed by atoms with E-state index in [2.05, 4.69) is 0 Å². The van der Waals surface area contributed by atoms with Crippen LogP contribution in [0, 0.1) is 0 Å². The first-order valence-corrected chi connectivity index (χ1v) is 16.5. The molecule has 1 saturated heterocycles. The summed E-state index contributed by atoms with van der Waals surface area (Å²) in [7, 11) is 2.77. The molecule has 0 radical (unpaired) electrons. The van der Waals surface area contributed by atoms with Crippen molar-refractivity contribution < 1.29 is 22.8 Å². The SMILES string of the molecule is CO[Si](CCCCCCCCCCCCCCCCCCCCCCOCC1CO1)(OC)OC. The van der Waals surface area contributed by atoms with Crippen LogP contribution in [-0.4, -0.2) is 56.1 Å². The summed E-state index contributed by atoms with van der Waals surface area (Å²) in [4.78, 5) is 0. The monoisotopic (exact) mass is 502 g/mol. The molecule has 0 aromatic heterocycles. The second kappa shape index (κ2) is 23.4. The van der Waals surface area contributed by atoms with E-state index in [1.807, 2.05) is 0 Å². The molecule has 0 aromatic carbocycles. The molecule has 0 saturated carbocycles. The van der Waals surface area contributed by atoms with Crippen molar-refractivity contribution in [1.82, 2.24) is 0 Å². The van der Waals surface area contributed by atoms with Gasteiger partial charge in [0.15, 0.2) is 0 Å². The molecule has 1 rings (SSSR count). The first-order valence-electron chi connectivity index (χ1n) is 14.6. The van der Waals surface area contributed by atoms with Gasteiger partial charge in [0.05, 0.1) is 13.2 Å². The Kier molecular flexibility index (Phi) is 22.1. The van der Waals surface area contributed by atoms with E-state index >= 15 is 0 Å². The summed E-state index contributed by atoms with van der Waals surface area (Å²) in [6.07, 6.45) is 28.0. The highest BCUT2D eigenvalue weighted by molar-refractivity contribution is 6.60. The van der Waals surface area contributed by atoms with Crippen LogP contribution in [0.15, 0.2) is 0 Å². The molecule has 0 spiro atoms. The third-order valence-electron chi connectivity index (χ3n) is 7.16. The fourth-order valence-electron chi connectivity index (χ4n) is 4.66. The zero-order valence-corrected chi connectivity index (χ0v) is 24.1. The predicted molar refractivity (Wildman–Crippen MR) is 144 cm³/mol. The van der Waals surface area contributed by atoms with E-state index in [4.69, 9.17) is 22.8 Å². The Bertz CT molecular complexity index is 407. The van der Waals surface area contributed by atoms with Gasteiger partial charge in [-0.1, -0.05) is 116 Å². The highest BCUT2D eigenvalue weighted by atomic mass is 28.4. The van der Waals surface area contributed by atoms with Gasteiger partial charge in [-0.15, -0.1) is 0 Å². The summed E-state index contributed by atoms with van der Waals surface area (Å²) in [5, 5.41) is 0. The standard InChI is InChI=1S/C28H58O5Si/c1-29-34(30-2,31-3)25-23-21-19-17-15-13-11-9-7-5-4-6-8-10-12-14-16-18-20-22-24-32-26-28-27-33-28/h28H,4-27H2,1-3H3. The third kappa shape index (κ3) is 19.2. The molecule has 34 heavy (non-hydrogen) atoms. The summed E-state index contributed by atoms with van der Waals surface area (Å²) < 4.78 is 27.2. The van der Waals surface area contributed by atoms with Gasteiger partial charge in [-0.2, -0.15) is 0 Å².